The van der Waals surface area contributed by atoms with Crippen LogP contribution < -0.4 is 25.6 Å². The van der Waals surface area contributed by atoms with Crippen molar-refractivity contribution in [2.75, 3.05) is 9.80 Å². The van der Waals surface area contributed by atoms with Crippen LogP contribution in [-0.4, -0.2) is 51.8 Å². The Morgan fingerprint density at radius 3 is 2.56 bits per heavy atom. The number of nitrogens with zero attached hydrogens (tertiary/aromatic N) is 4. The van der Waals surface area contributed by atoms with Crippen molar-refractivity contribution in [1.82, 2.24) is 10.3 Å². The van der Waals surface area contributed by atoms with Crippen molar-refractivity contribution >= 4 is 46.7 Å². The highest BCUT2D eigenvalue weighted by atomic mass is 35.5. The van der Waals surface area contributed by atoms with Gasteiger partial charge in [-0.1, -0.05) is 34.5 Å². The summed E-state index contributed by atoms with van der Waals surface area (Å²) in [4.78, 5) is 58.9. The summed E-state index contributed by atoms with van der Waals surface area (Å²) in [6, 6.07) is 5.40. The number of hydrogen-bond acceptors (Lipinski definition) is 6. The van der Waals surface area contributed by atoms with Crippen LogP contribution in [0.25, 0.3) is 0 Å². The highest BCUT2D eigenvalue weighted by molar-refractivity contribution is 6.31. The van der Waals surface area contributed by atoms with Gasteiger partial charge in [0.1, 0.15) is 18.1 Å². The zero-order valence-electron chi connectivity index (χ0n) is 22.3. The molecule has 2 atom stereocenters. The number of primary amides is 1. The van der Waals surface area contributed by atoms with Crippen LogP contribution >= 0.6 is 11.6 Å². The van der Waals surface area contributed by atoms with E-state index < -0.39 is 66.3 Å². The predicted octanol–water partition coefficient (Wildman–Crippen LogP) is 2.68. The number of aromatic nitrogens is 2. The molecule has 1 aliphatic carbocycles. The molecule has 4 N–H and O–H groups in total. The SMILES string of the molecule is NC(=O)c1cc[n+](O)c(N2C(=O)CC[C@H]2C(=O)N(c2cncc(F)c2)C(C(=O)NC2CC(F)(F)C2)c2ccccc2Cl)c1. The minimum atomic E-state index is -2.95. The van der Waals surface area contributed by atoms with E-state index in [4.69, 9.17) is 17.3 Å². The third kappa shape index (κ3) is 5.95. The summed E-state index contributed by atoms with van der Waals surface area (Å²) in [5.74, 6) is -7.31. The monoisotopic (exact) mass is 617 g/mol. The number of alkyl halides is 2. The molecule has 15 heteroatoms. The molecule has 2 aliphatic rings. The molecule has 2 fully saturated rings. The number of rotatable bonds is 8. The standard InChI is InChI=1S/C28H24ClF3N6O5/c29-20-4-2-1-3-19(20)24(26(41)35-17-11-28(31,32)12-17)37(18-10-16(30)13-34-14-18)27(42)21-5-6-23(39)38(21)22-9-15(25(33)40)7-8-36(22)43/h1-4,7-10,13-14,17,21,24H,5-6,11-12H2,(H3-,33,35,40,41,43)/p+1/t21-,24?/m0/s1. The van der Waals surface area contributed by atoms with Crippen molar-refractivity contribution in [3.63, 3.8) is 0 Å². The highest BCUT2D eigenvalue weighted by Crippen LogP contribution is 2.39. The summed E-state index contributed by atoms with van der Waals surface area (Å²) in [6.07, 6.45) is 1.59. The first-order valence-electron chi connectivity index (χ1n) is 13.1. The third-order valence-electron chi connectivity index (χ3n) is 7.29. The van der Waals surface area contributed by atoms with E-state index >= 15 is 0 Å². The minimum absolute atomic E-state index is 0.0467. The van der Waals surface area contributed by atoms with E-state index in [1.54, 1.807) is 12.1 Å². The van der Waals surface area contributed by atoms with Crippen LogP contribution in [0.5, 0.6) is 0 Å². The molecular formula is C28H25ClF3N6O5+. The van der Waals surface area contributed by atoms with Gasteiger partial charge < -0.3 is 16.3 Å². The lowest BCUT2D eigenvalue weighted by Gasteiger charge is -2.38. The average molecular weight is 618 g/mol. The summed E-state index contributed by atoms with van der Waals surface area (Å²) in [5, 5.41) is 13.1. The van der Waals surface area contributed by atoms with Crippen molar-refractivity contribution in [3.05, 3.63) is 83.0 Å². The molecule has 0 bridgehead atoms. The molecule has 2 aromatic heterocycles. The number of carbonyl (C=O) groups is 4. The van der Waals surface area contributed by atoms with Gasteiger partial charge in [0.25, 0.3) is 11.8 Å². The van der Waals surface area contributed by atoms with Crippen LogP contribution in [-0.2, 0) is 14.4 Å². The van der Waals surface area contributed by atoms with Gasteiger partial charge in [-0.25, -0.2) is 18.0 Å². The predicted molar refractivity (Wildman–Crippen MR) is 145 cm³/mol. The first kappa shape index (κ1) is 29.8. The Balaban J connectivity index is 1.62. The number of nitrogens with two attached hydrogens (primary N) is 1. The van der Waals surface area contributed by atoms with Crippen LogP contribution in [0.15, 0.2) is 61.1 Å². The number of anilines is 2. The highest BCUT2D eigenvalue weighted by Gasteiger charge is 2.51. The van der Waals surface area contributed by atoms with E-state index in [-0.39, 0.29) is 40.5 Å². The summed E-state index contributed by atoms with van der Waals surface area (Å²) in [7, 11) is 0. The number of benzene rings is 1. The summed E-state index contributed by atoms with van der Waals surface area (Å²) >= 11 is 6.46. The van der Waals surface area contributed by atoms with E-state index in [1.807, 2.05) is 0 Å². The van der Waals surface area contributed by atoms with E-state index in [2.05, 4.69) is 10.3 Å². The molecule has 1 aromatic carbocycles. The Kier molecular flexibility index (Phi) is 7.97. The molecule has 3 heterocycles. The van der Waals surface area contributed by atoms with E-state index in [0.29, 0.717) is 4.73 Å². The van der Waals surface area contributed by atoms with Crippen LogP contribution in [0.4, 0.5) is 24.7 Å². The number of nitrogens with one attached hydrogen (secondary N) is 1. The van der Waals surface area contributed by atoms with Crippen molar-refractivity contribution < 1.29 is 42.3 Å². The van der Waals surface area contributed by atoms with Crippen molar-refractivity contribution in [2.24, 2.45) is 5.73 Å². The van der Waals surface area contributed by atoms with E-state index in [1.165, 1.54) is 18.2 Å². The fourth-order valence-electron chi connectivity index (χ4n) is 5.25. The number of hydrogen-bond donors (Lipinski definition) is 3. The second-order valence-corrected chi connectivity index (χ2v) is 10.7. The topological polar surface area (TPSA) is 150 Å². The van der Waals surface area contributed by atoms with Crippen molar-refractivity contribution in [2.45, 2.75) is 49.7 Å². The molecule has 224 valence electrons. The Morgan fingerprint density at radius 1 is 1.19 bits per heavy atom. The van der Waals surface area contributed by atoms with Crippen LogP contribution in [0, 0.1) is 5.82 Å². The lowest BCUT2D eigenvalue weighted by molar-refractivity contribution is -0.894. The maximum atomic E-state index is 14.5. The Labute approximate surface area is 247 Å². The lowest BCUT2D eigenvalue weighted by atomic mass is 9.87. The van der Waals surface area contributed by atoms with Gasteiger partial charge in [-0.15, -0.1) is 0 Å². The number of halogens is 4. The normalized spacial score (nSPS) is 18.6. The van der Waals surface area contributed by atoms with Gasteiger partial charge in [0, 0.05) is 48.0 Å². The molecule has 0 spiro atoms. The summed E-state index contributed by atoms with van der Waals surface area (Å²) in [5.41, 5.74) is 5.20. The zero-order chi connectivity index (χ0) is 31.1. The number of carbonyl (C=O) groups excluding carboxylic acids is 4. The number of amides is 4. The maximum Gasteiger partial charge on any atom is 0.324 e. The Morgan fingerprint density at radius 2 is 1.91 bits per heavy atom. The Bertz CT molecular complexity index is 1620. The average Bonchev–Trinajstić information content (AvgIpc) is 3.32. The van der Waals surface area contributed by atoms with E-state index in [0.717, 1.165) is 40.5 Å². The molecule has 1 unspecified atom stereocenters. The molecule has 43 heavy (non-hydrogen) atoms. The quantitative estimate of drug-likeness (QED) is 0.261. The van der Waals surface area contributed by atoms with Gasteiger partial charge in [-0.2, -0.15) is 4.90 Å². The Hall–Kier alpha value is -4.72. The molecule has 1 aliphatic heterocycles. The summed E-state index contributed by atoms with van der Waals surface area (Å²) < 4.78 is 42.2. The smallest absolute Gasteiger partial charge is 0.324 e. The molecule has 1 saturated carbocycles. The van der Waals surface area contributed by atoms with Crippen molar-refractivity contribution in [3.8, 4) is 0 Å². The van der Waals surface area contributed by atoms with Gasteiger partial charge in [0.05, 0.1) is 30.1 Å². The van der Waals surface area contributed by atoms with Crippen molar-refractivity contribution in [1.29, 1.82) is 0 Å². The molecular weight excluding hydrogens is 593 g/mol. The van der Waals surface area contributed by atoms with Gasteiger partial charge >= 0.3 is 11.7 Å². The first-order chi connectivity index (χ1) is 20.4. The van der Waals surface area contributed by atoms with Crippen LogP contribution in [0.3, 0.4) is 0 Å². The lowest BCUT2D eigenvalue weighted by Crippen LogP contribution is -2.56. The second-order valence-electron chi connectivity index (χ2n) is 10.3. The molecule has 0 radical (unpaired) electrons. The van der Waals surface area contributed by atoms with Gasteiger partial charge in [-0.3, -0.25) is 24.3 Å². The number of pyridine rings is 2. The van der Waals surface area contributed by atoms with Gasteiger partial charge in [-0.05, 0) is 12.1 Å². The van der Waals surface area contributed by atoms with Crippen LogP contribution in [0.1, 0.15) is 47.6 Å². The van der Waals surface area contributed by atoms with E-state index in [9.17, 15) is 37.6 Å². The van der Waals surface area contributed by atoms with Crippen LogP contribution in [0.2, 0.25) is 5.02 Å². The molecule has 4 amide bonds. The van der Waals surface area contributed by atoms with Gasteiger partial charge in [0.15, 0.2) is 6.04 Å². The summed E-state index contributed by atoms with van der Waals surface area (Å²) in [6.45, 7) is 0. The zero-order valence-corrected chi connectivity index (χ0v) is 23.0. The third-order valence-corrected chi connectivity index (χ3v) is 7.64. The molecule has 3 aromatic rings. The maximum absolute atomic E-state index is 14.5. The largest absolute Gasteiger partial charge is 0.366 e. The van der Waals surface area contributed by atoms with Gasteiger partial charge in [0.2, 0.25) is 11.8 Å². The molecule has 11 nitrogen and oxygen atoms in total. The molecule has 1 saturated heterocycles. The fourth-order valence-corrected chi connectivity index (χ4v) is 5.49. The minimum Gasteiger partial charge on any atom is -0.366 e. The second kappa shape index (κ2) is 11.5. The first-order valence-corrected chi connectivity index (χ1v) is 13.5. The molecule has 5 rings (SSSR count). The fraction of sp³-hybridized carbons (Fsp3) is 0.286.